The van der Waals surface area contributed by atoms with Crippen molar-refractivity contribution in [3.8, 4) is 16.9 Å². The van der Waals surface area contributed by atoms with E-state index in [-0.39, 0.29) is 36.9 Å². The van der Waals surface area contributed by atoms with Crippen LogP contribution >= 0.6 is 0 Å². The minimum absolute atomic E-state index is 0.0201. The van der Waals surface area contributed by atoms with Gasteiger partial charge in [-0.25, -0.2) is 8.42 Å². The maximum absolute atomic E-state index is 13.6. The van der Waals surface area contributed by atoms with Crippen LogP contribution in [0.1, 0.15) is 38.3 Å². The van der Waals surface area contributed by atoms with Crippen LogP contribution < -0.4 is 9.04 Å². The van der Waals surface area contributed by atoms with Gasteiger partial charge in [-0.3, -0.25) is 13.8 Å². The molecule has 2 heterocycles. The number of fused-ring (bicyclic) bond motifs is 1. The summed E-state index contributed by atoms with van der Waals surface area (Å²) >= 11 is 0. The summed E-state index contributed by atoms with van der Waals surface area (Å²) in [6, 6.07) is 8.49. The molecule has 3 aromatic rings. The lowest BCUT2D eigenvalue weighted by Gasteiger charge is -2.35. The second kappa shape index (κ2) is 9.49. The third kappa shape index (κ3) is 5.18. The van der Waals surface area contributed by atoms with Crippen molar-refractivity contribution in [2.24, 2.45) is 0 Å². The smallest absolute Gasteiger partial charge is 0.416 e. The minimum atomic E-state index is -4.72. The van der Waals surface area contributed by atoms with Crippen molar-refractivity contribution in [2.75, 3.05) is 10.8 Å². The molecule has 0 spiro atoms. The van der Waals surface area contributed by atoms with Crippen molar-refractivity contribution >= 4 is 21.7 Å². The number of anilines is 1. The fraction of sp³-hybridized carbons (Fsp3) is 0.333. The molecule has 12 heteroatoms. The zero-order chi connectivity index (χ0) is 26.3. The Morgan fingerprint density at radius 3 is 2.58 bits per heavy atom. The van der Waals surface area contributed by atoms with Gasteiger partial charge in [-0.2, -0.15) is 18.3 Å². The highest BCUT2D eigenvalue weighted by Crippen LogP contribution is 2.41. The van der Waals surface area contributed by atoms with Crippen molar-refractivity contribution in [1.29, 1.82) is 0 Å². The first kappa shape index (κ1) is 25.5. The van der Waals surface area contributed by atoms with Crippen molar-refractivity contribution in [1.82, 2.24) is 9.78 Å². The molecule has 192 valence electrons. The number of hydrogen-bond acceptors (Lipinski definition) is 5. The fourth-order valence-corrected chi connectivity index (χ4v) is 5.43. The first-order chi connectivity index (χ1) is 16.9. The number of rotatable bonds is 7. The van der Waals surface area contributed by atoms with E-state index in [0.717, 1.165) is 28.1 Å². The molecule has 0 aliphatic carbocycles. The molecular weight excluding hydrogens is 499 g/mol. The van der Waals surface area contributed by atoms with E-state index in [4.69, 9.17) is 9.84 Å². The summed E-state index contributed by atoms with van der Waals surface area (Å²) in [5, 5.41) is 13.3. The number of nitrogens with zero attached hydrogens (tertiary/aromatic N) is 3. The van der Waals surface area contributed by atoms with E-state index in [1.54, 1.807) is 35.3 Å². The Labute approximate surface area is 206 Å². The highest BCUT2D eigenvalue weighted by molar-refractivity contribution is 7.92. The predicted octanol–water partition coefficient (Wildman–Crippen LogP) is 4.97. The molecule has 1 aliphatic rings. The Bertz CT molecular complexity index is 1390. The number of halogens is 3. The molecule has 4 rings (SSSR count). The summed E-state index contributed by atoms with van der Waals surface area (Å²) in [5.41, 5.74) is 0.413. The monoisotopic (exact) mass is 523 g/mol. The van der Waals surface area contributed by atoms with Gasteiger partial charge in [-0.1, -0.05) is 12.1 Å². The summed E-state index contributed by atoms with van der Waals surface area (Å²) in [7, 11) is -4.45. The van der Waals surface area contributed by atoms with E-state index in [1.807, 2.05) is 13.8 Å². The lowest BCUT2D eigenvalue weighted by Crippen LogP contribution is -2.43. The van der Waals surface area contributed by atoms with Gasteiger partial charge in [0.15, 0.2) is 0 Å². The summed E-state index contributed by atoms with van der Waals surface area (Å²) < 4.78 is 75.7. The number of benzene rings is 2. The van der Waals surface area contributed by atoms with Crippen LogP contribution in [0.5, 0.6) is 5.75 Å². The number of sulfonamides is 1. The maximum Gasteiger partial charge on any atom is 0.416 e. The lowest BCUT2D eigenvalue weighted by atomic mass is 10.1. The predicted molar refractivity (Wildman–Crippen MR) is 125 cm³/mol. The molecule has 0 radical (unpaired) electrons. The fourth-order valence-electron chi connectivity index (χ4n) is 3.88. The van der Waals surface area contributed by atoms with Crippen LogP contribution in [0.25, 0.3) is 11.1 Å². The number of aromatic nitrogens is 2. The molecular formula is C24H24F3N3O5S. The number of hydrogen-bond donors (Lipinski definition) is 1. The summed E-state index contributed by atoms with van der Waals surface area (Å²) in [5.74, 6) is -0.888. The average molecular weight is 524 g/mol. The summed E-state index contributed by atoms with van der Waals surface area (Å²) in [4.78, 5) is 10.5. The molecule has 2 aromatic carbocycles. The molecule has 0 fully saturated rings. The molecule has 0 unspecified atom stereocenters. The number of carbonyl (C=O) groups is 1. The number of ether oxygens (including phenoxy) is 1. The van der Waals surface area contributed by atoms with Crippen molar-refractivity contribution in [2.45, 2.75) is 49.9 Å². The second-order valence-electron chi connectivity index (χ2n) is 8.72. The Kier molecular flexibility index (Phi) is 6.74. The highest BCUT2D eigenvalue weighted by Gasteiger charge is 2.37. The van der Waals surface area contributed by atoms with E-state index >= 15 is 0 Å². The first-order valence-corrected chi connectivity index (χ1v) is 12.6. The molecule has 0 saturated carbocycles. The Hall–Kier alpha value is -3.54. The van der Waals surface area contributed by atoms with Crippen molar-refractivity contribution < 1.29 is 36.2 Å². The zero-order valence-corrected chi connectivity index (χ0v) is 20.3. The normalized spacial score (nSPS) is 16.1. The number of alkyl halides is 3. The van der Waals surface area contributed by atoms with Crippen molar-refractivity contribution in [3.63, 3.8) is 0 Å². The lowest BCUT2D eigenvalue weighted by molar-refractivity contribution is -0.138. The minimum Gasteiger partial charge on any atom is -0.486 e. The topological polar surface area (TPSA) is 102 Å². The summed E-state index contributed by atoms with van der Waals surface area (Å²) in [6.07, 6.45) is -2.33. The Morgan fingerprint density at radius 2 is 1.94 bits per heavy atom. The van der Waals surface area contributed by atoms with Gasteiger partial charge >= 0.3 is 12.1 Å². The molecule has 8 nitrogen and oxygen atoms in total. The number of aliphatic carboxylic acids is 1. The molecule has 36 heavy (non-hydrogen) atoms. The van der Waals surface area contributed by atoms with Gasteiger partial charge < -0.3 is 9.84 Å². The van der Waals surface area contributed by atoms with Gasteiger partial charge in [-0.05, 0) is 56.2 Å². The van der Waals surface area contributed by atoms with Crippen LogP contribution in [-0.2, 0) is 21.0 Å². The van der Waals surface area contributed by atoms with Crippen LogP contribution in [0.3, 0.4) is 0 Å². The van der Waals surface area contributed by atoms with E-state index in [9.17, 15) is 26.4 Å². The van der Waals surface area contributed by atoms with Crippen LogP contribution in [0.4, 0.5) is 18.9 Å². The maximum atomic E-state index is 13.6. The molecule has 1 aliphatic heterocycles. The highest BCUT2D eigenvalue weighted by atomic mass is 32.2. The van der Waals surface area contributed by atoms with Gasteiger partial charge in [0.2, 0.25) is 0 Å². The third-order valence-electron chi connectivity index (χ3n) is 5.78. The van der Waals surface area contributed by atoms with Crippen LogP contribution in [0.2, 0.25) is 0 Å². The van der Waals surface area contributed by atoms with E-state index in [2.05, 4.69) is 5.10 Å². The largest absolute Gasteiger partial charge is 0.486 e. The van der Waals surface area contributed by atoms with Gasteiger partial charge in [0.1, 0.15) is 11.9 Å². The quantitative estimate of drug-likeness (QED) is 0.469. The Balaban J connectivity index is 1.79. The zero-order valence-electron chi connectivity index (χ0n) is 19.4. The third-order valence-corrected chi connectivity index (χ3v) is 7.56. The number of carboxylic acid groups (broad SMARTS) is 1. The van der Waals surface area contributed by atoms with Gasteiger partial charge in [0.05, 0.1) is 28.9 Å². The van der Waals surface area contributed by atoms with Crippen LogP contribution in [0, 0.1) is 0 Å². The SMILES string of the molecule is CC(C)n1cc(-c2ccc3c(c2)N(S(=O)(=O)c2cccc(C(F)(F)F)c2)C[C@H](CCC(=O)O)O3)cn1. The summed E-state index contributed by atoms with van der Waals surface area (Å²) in [6.45, 7) is 3.66. The first-order valence-electron chi connectivity index (χ1n) is 11.1. The number of carboxylic acids is 1. The van der Waals surface area contributed by atoms with E-state index in [1.165, 1.54) is 0 Å². The van der Waals surface area contributed by atoms with E-state index < -0.39 is 38.7 Å². The van der Waals surface area contributed by atoms with E-state index in [0.29, 0.717) is 11.6 Å². The second-order valence-corrected chi connectivity index (χ2v) is 10.6. The van der Waals surface area contributed by atoms with Crippen molar-refractivity contribution in [3.05, 3.63) is 60.4 Å². The molecule has 0 amide bonds. The molecule has 0 saturated heterocycles. The standard InChI is InChI=1S/C24H24F3N3O5S/c1-15(2)29-13-17(12-28-29)16-6-8-22-21(10-16)30(14-19(35-22)7-9-23(31)32)36(33,34)20-5-3-4-18(11-20)24(25,26)27/h3-6,8,10-13,15,19H,7,9,14H2,1-2H3,(H,31,32)/t19-/m0/s1. The molecule has 0 bridgehead atoms. The Morgan fingerprint density at radius 1 is 1.19 bits per heavy atom. The molecule has 1 aromatic heterocycles. The molecule has 1 N–H and O–H groups in total. The molecule has 1 atom stereocenters. The van der Waals surface area contributed by atoms with Gasteiger partial charge in [-0.15, -0.1) is 0 Å². The van der Waals surface area contributed by atoms with Crippen LogP contribution in [-0.4, -0.2) is 41.9 Å². The average Bonchev–Trinajstić information content (AvgIpc) is 3.32. The van der Waals surface area contributed by atoms with Gasteiger partial charge in [0, 0.05) is 24.2 Å². The van der Waals surface area contributed by atoms with Gasteiger partial charge in [0.25, 0.3) is 10.0 Å². The van der Waals surface area contributed by atoms with Crippen LogP contribution in [0.15, 0.2) is 59.8 Å².